The van der Waals surface area contributed by atoms with E-state index < -0.39 is 24.3 Å². The summed E-state index contributed by atoms with van der Waals surface area (Å²) >= 11 is 1.11. The van der Waals surface area contributed by atoms with E-state index in [1.54, 1.807) is 24.5 Å². The average Bonchev–Trinajstić information content (AvgIpc) is 3.28. The molecule has 0 saturated carbocycles. The monoisotopic (exact) mass is 508 g/mol. The molecule has 7 nitrogen and oxygen atoms in total. The standard InChI is InChI=1S/C23H24F4N6OS/c1-14(2)33-13-28-31-21(33)19-4-3-5-20(29-19)30-22(34)17-10-16-12-32(35-9-7-23(25,26)27)8-6-15(16)11-18(17)24/h3-5,10-11,13-14H,6-9,12H2,1-2H3,(H,29,30,34). The van der Waals surface area contributed by atoms with Gasteiger partial charge in [-0.25, -0.2) is 13.7 Å². The van der Waals surface area contributed by atoms with E-state index in [2.05, 4.69) is 20.5 Å². The summed E-state index contributed by atoms with van der Waals surface area (Å²) in [5.41, 5.74) is 1.82. The molecule has 2 aromatic heterocycles. The number of hydrogen-bond acceptors (Lipinski definition) is 6. The SMILES string of the molecule is CC(C)n1cnnc1-c1cccc(NC(=O)c2cc3c(cc2F)CCN(SCCC(F)(F)F)C3)n1. The Morgan fingerprint density at radius 1 is 1.23 bits per heavy atom. The molecule has 0 bridgehead atoms. The predicted molar refractivity (Wildman–Crippen MR) is 125 cm³/mol. The number of halogens is 4. The summed E-state index contributed by atoms with van der Waals surface area (Å²) in [6.07, 6.45) is -2.99. The number of aromatic nitrogens is 4. The van der Waals surface area contributed by atoms with Crippen LogP contribution in [0.3, 0.4) is 0 Å². The molecule has 3 heterocycles. The number of pyridine rings is 1. The molecule has 1 aromatic carbocycles. The van der Waals surface area contributed by atoms with E-state index in [0.717, 1.165) is 17.5 Å². The minimum absolute atomic E-state index is 0.0834. The van der Waals surface area contributed by atoms with Crippen molar-refractivity contribution in [3.8, 4) is 11.5 Å². The van der Waals surface area contributed by atoms with E-state index in [4.69, 9.17) is 0 Å². The number of nitrogens with one attached hydrogen (secondary N) is 1. The van der Waals surface area contributed by atoms with Gasteiger partial charge in [0.25, 0.3) is 5.91 Å². The molecule has 0 unspecified atom stereocenters. The lowest BCUT2D eigenvalue weighted by Crippen LogP contribution is -2.27. The van der Waals surface area contributed by atoms with Crippen molar-refractivity contribution < 1.29 is 22.4 Å². The number of nitrogens with zero attached hydrogens (tertiary/aromatic N) is 5. The largest absolute Gasteiger partial charge is 0.389 e. The van der Waals surface area contributed by atoms with E-state index in [1.807, 2.05) is 22.7 Å². The lowest BCUT2D eigenvalue weighted by atomic mass is 9.97. The van der Waals surface area contributed by atoms with Crippen LogP contribution in [0.4, 0.5) is 23.4 Å². The quantitative estimate of drug-likeness (QED) is 0.346. The Balaban J connectivity index is 1.48. The molecule has 4 rings (SSSR count). The minimum Gasteiger partial charge on any atom is -0.310 e. The third kappa shape index (κ3) is 6.17. The molecular formula is C23H24F4N6OS. The molecule has 1 amide bonds. The molecule has 1 N–H and O–H groups in total. The fraction of sp³-hybridized carbons (Fsp3) is 0.391. The molecule has 3 aromatic rings. The molecule has 0 radical (unpaired) electrons. The highest BCUT2D eigenvalue weighted by atomic mass is 32.2. The van der Waals surface area contributed by atoms with Crippen molar-refractivity contribution in [3.05, 3.63) is 59.2 Å². The number of rotatable bonds is 7. The predicted octanol–water partition coefficient (Wildman–Crippen LogP) is 5.27. The van der Waals surface area contributed by atoms with Crippen LogP contribution in [-0.4, -0.2) is 48.4 Å². The fourth-order valence-electron chi connectivity index (χ4n) is 3.74. The molecule has 186 valence electrons. The van der Waals surface area contributed by atoms with Gasteiger partial charge in [-0.1, -0.05) is 18.0 Å². The second kappa shape index (κ2) is 10.3. The Hall–Kier alpha value is -2.99. The molecule has 1 aliphatic heterocycles. The van der Waals surface area contributed by atoms with Crippen LogP contribution in [0, 0.1) is 5.82 Å². The Morgan fingerprint density at radius 2 is 2.03 bits per heavy atom. The van der Waals surface area contributed by atoms with Gasteiger partial charge in [0, 0.05) is 24.9 Å². The second-order valence-electron chi connectivity index (χ2n) is 8.43. The third-order valence-corrected chi connectivity index (χ3v) is 6.58. The summed E-state index contributed by atoms with van der Waals surface area (Å²) in [7, 11) is 0. The van der Waals surface area contributed by atoms with Gasteiger partial charge in [0.05, 0.1) is 12.0 Å². The fourth-order valence-corrected chi connectivity index (χ4v) is 4.78. The molecule has 12 heteroatoms. The highest BCUT2D eigenvalue weighted by Crippen LogP contribution is 2.29. The number of carbonyl (C=O) groups is 1. The van der Waals surface area contributed by atoms with Crippen molar-refractivity contribution in [3.63, 3.8) is 0 Å². The van der Waals surface area contributed by atoms with Gasteiger partial charge in [-0.2, -0.15) is 13.2 Å². The average molecular weight is 509 g/mol. The lowest BCUT2D eigenvalue weighted by Gasteiger charge is -2.28. The maximum atomic E-state index is 14.8. The van der Waals surface area contributed by atoms with Crippen LogP contribution in [0.25, 0.3) is 11.5 Å². The number of fused-ring (bicyclic) bond motifs is 1. The van der Waals surface area contributed by atoms with Crippen molar-refractivity contribution >= 4 is 23.7 Å². The van der Waals surface area contributed by atoms with Crippen LogP contribution in [0.15, 0.2) is 36.7 Å². The zero-order valence-electron chi connectivity index (χ0n) is 19.1. The van der Waals surface area contributed by atoms with Crippen LogP contribution in [-0.2, 0) is 13.0 Å². The molecule has 0 saturated heterocycles. The van der Waals surface area contributed by atoms with Crippen LogP contribution < -0.4 is 5.32 Å². The number of amides is 1. The van der Waals surface area contributed by atoms with Gasteiger partial charge >= 0.3 is 6.18 Å². The first kappa shape index (κ1) is 25.1. The summed E-state index contributed by atoms with van der Waals surface area (Å²) in [5, 5.41) is 10.6. The molecule has 1 aliphatic rings. The zero-order valence-corrected chi connectivity index (χ0v) is 20.0. The first-order chi connectivity index (χ1) is 16.6. The topological polar surface area (TPSA) is 75.9 Å². The van der Waals surface area contributed by atoms with Crippen molar-refractivity contribution in [2.24, 2.45) is 0 Å². The Kier molecular flexibility index (Phi) is 7.41. The van der Waals surface area contributed by atoms with Crippen molar-refractivity contribution in [2.75, 3.05) is 17.6 Å². The third-order valence-electron chi connectivity index (χ3n) is 5.52. The molecule has 35 heavy (non-hydrogen) atoms. The van der Waals surface area contributed by atoms with Gasteiger partial charge in [-0.15, -0.1) is 10.2 Å². The number of alkyl halides is 3. The van der Waals surface area contributed by atoms with Gasteiger partial charge < -0.3 is 9.88 Å². The molecular weight excluding hydrogens is 484 g/mol. The number of benzene rings is 1. The lowest BCUT2D eigenvalue weighted by molar-refractivity contribution is -0.129. The molecule has 0 fully saturated rings. The Labute approximate surface area is 204 Å². The summed E-state index contributed by atoms with van der Waals surface area (Å²) < 4.78 is 55.7. The van der Waals surface area contributed by atoms with Gasteiger partial charge in [-0.05, 0) is 55.7 Å². The normalized spacial score (nSPS) is 14.3. The number of carbonyl (C=O) groups excluding carboxylic acids is 1. The minimum atomic E-state index is -4.20. The first-order valence-electron chi connectivity index (χ1n) is 11.0. The van der Waals surface area contributed by atoms with Gasteiger partial charge in [0.1, 0.15) is 23.7 Å². The first-order valence-corrected chi connectivity index (χ1v) is 12.0. The van der Waals surface area contributed by atoms with Gasteiger partial charge in [-0.3, -0.25) is 4.79 Å². The zero-order chi connectivity index (χ0) is 25.2. The Bertz CT molecular complexity index is 1210. The van der Waals surface area contributed by atoms with Crippen LogP contribution >= 0.6 is 11.9 Å². The highest BCUT2D eigenvalue weighted by Gasteiger charge is 2.28. The van der Waals surface area contributed by atoms with E-state index in [1.165, 1.54) is 12.1 Å². The van der Waals surface area contributed by atoms with E-state index in [-0.39, 0.29) is 23.2 Å². The summed E-state index contributed by atoms with van der Waals surface area (Å²) in [4.78, 5) is 17.3. The summed E-state index contributed by atoms with van der Waals surface area (Å²) in [5.74, 6) is -0.636. The number of anilines is 1. The number of hydrogen-bond donors (Lipinski definition) is 1. The van der Waals surface area contributed by atoms with Crippen molar-refractivity contribution in [1.82, 2.24) is 24.1 Å². The van der Waals surface area contributed by atoms with Crippen LogP contribution in [0.5, 0.6) is 0 Å². The van der Waals surface area contributed by atoms with Crippen LogP contribution in [0.1, 0.15) is 47.8 Å². The van der Waals surface area contributed by atoms with Gasteiger partial charge in [0.15, 0.2) is 5.82 Å². The molecule has 0 atom stereocenters. The molecule has 0 aliphatic carbocycles. The second-order valence-corrected chi connectivity index (χ2v) is 9.61. The van der Waals surface area contributed by atoms with Crippen molar-refractivity contribution in [1.29, 1.82) is 0 Å². The van der Waals surface area contributed by atoms with E-state index >= 15 is 0 Å². The summed E-state index contributed by atoms with van der Waals surface area (Å²) in [6, 6.07) is 7.94. The van der Waals surface area contributed by atoms with E-state index in [9.17, 15) is 22.4 Å². The smallest absolute Gasteiger partial charge is 0.310 e. The maximum absolute atomic E-state index is 14.8. The van der Waals surface area contributed by atoms with E-state index in [0.29, 0.717) is 36.6 Å². The molecule has 0 spiro atoms. The van der Waals surface area contributed by atoms with Gasteiger partial charge in [0.2, 0.25) is 0 Å². The highest BCUT2D eigenvalue weighted by molar-refractivity contribution is 7.96. The van der Waals surface area contributed by atoms with Crippen LogP contribution in [0.2, 0.25) is 0 Å². The summed E-state index contributed by atoms with van der Waals surface area (Å²) in [6.45, 7) is 4.80. The Morgan fingerprint density at radius 3 is 2.77 bits per heavy atom. The maximum Gasteiger partial charge on any atom is 0.389 e. The van der Waals surface area contributed by atoms with Crippen molar-refractivity contribution in [2.45, 2.75) is 45.5 Å².